The van der Waals surface area contributed by atoms with E-state index >= 15 is 0 Å². The zero-order valence-corrected chi connectivity index (χ0v) is 14.3. The minimum atomic E-state index is 0.541. The smallest absolute Gasteiger partial charge is 0.0192 e. The van der Waals surface area contributed by atoms with Gasteiger partial charge in [0.2, 0.25) is 0 Å². The third-order valence-corrected chi connectivity index (χ3v) is 6.61. The molecule has 0 N–H and O–H groups in total. The van der Waals surface area contributed by atoms with Crippen LogP contribution in [0.25, 0.3) is 5.57 Å². The van der Waals surface area contributed by atoms with Crippen LogP contribution in [0, 0.1) is 0 Å². The van der Waals surface area contributed by atoms with Gasteiger partial charge in [-0.1, -0.05) is 48.5 Å². The van der Waals surface area contributed by atoms with Gasteiger partial charge in [0.15, 0.2) is 0 Å². The second kappa shape index (κ2) is 6.55. The van der Waals surface area contributed by atoms with Crippen LogP contribution in [0.3, 0.4) is 0 Å². The molecule has 0 spiro atoms. The quantitative estimate of drug-likeness (QED) is 0.602. The van der Waals surface area contributed by atoms with Gasteiger partial charge in [0.05, 0.1) is 0 Å². The van der Waals surface area contributed by atoms with Gasteiger partial charge in [0.1, 0.15) is 0 Å². The van der Waals surface area contributed by atoms with Crippen LogP contribution < -0.4 is 0 Å². The van der Waals surface area contributed by atoms with Crippen molar-refractivity contribution in [3.05, 3.63) is 76.2 Å². The van der Waals surface area contributed by atoms with Crippen LogP contribution in [-0.2, 0) is 0 Å². The highest BCUT2D eigenvalue weighted by Gasteiger charge is 2.28. The molecule has 1 aliphatic carbocycles. The molecule has 4 rings (SSSR count). The average Bonchev–Trinajstić information content (AvgIpc) is 2.56. The average molecular weight is 325 g/mol. The van der Waals surface area contributed by atoms with E-state index in [9.17, 15) is 0 Å². The third kappa shape index (κ3) is 2.63. The molecule has 112 valence electrons. The minimum absolute atomic E-state index is 0.541. The van der Waals surface area contributed by atoms with Gasteiger partial charge in [0.25, 0.3) is 0 Å². The highest BCUT2D eigenvalue weighted by Crippen LogP contribution is 2.45. The summed E-state index contributed by atoms with van der Waals surface area (Å²) in [5.41, 5.74) is 7.35. The normalized spacial score (nSPS) is 21.1. The molecular formula is C20H20S2. The fraction of sp³-hybridized carbons (Fsp3) is 0.300. The Kier molecular flexibility index (Phi) is 4.31. The lowest BCUT2D eigenvalue weighted by molar-refractivity contribution is 0.889. The van der Waals surface area contributed by atoms with Gasteiger partial charge in [0, 0.05) is 11.7 Å². The fourth-order valence-electron chi connectivity index (χ4n) is 3.44. The Bertz CT molecular complexity index is 653. The lowest BCUT2D eigenvalue weighted by Crippen LogP contribution is -2.15. The van der Waals surface area contributed by atoms with Gasteiger partial charge in [-0.2, -0.15) is 11.8 Å². The van der Waals surface area contributed by atoms with Gasteiger partial charge in [-0.25, -0.2) is 0 Å². The van der Waals surface area contributed by atoms with Gasteiger partial charge < -0.3 is 0 Å². The van der Waals surface area contributed by atoms with E-state index in [0.717, 1.165) is 0 Å². The lowest BCUT2D eigenvalue weighted by atomic mass is 9.77. The number of hydrogen-bond donors (Lipinski definition) is 0. The zero-order chi connectivity index (χ0) is 14.8. The molecule has 0 saturated carbocycles. The predicted molar refractivity (Wildman–Crippen MR) is 101 cm³/mol. The Morgan fingerprint density at radius 2 is 1.41 bits per heavy atom. The molecule has 2 heteroatoms. The molecule has 0 unspecified atom stereocenters. The monoisotopic (exact) mass is 324 g/mol. The SMILES string of the molecule is C1=C2c3ccccc3C(CSCCCCS1)c1ccccc12. The summed E-state index contributed by atoms with van der Waals surface area (Å²) in [4.78, 5) is 0. The van der Waals surface area contributed by atoms with Gasteiger partial charge in [-0.3, -0.25) is 0 Å². The summed E-state index contributed by atoms with van der Waals surface area (Å²) in [7, 11) is 0. The summed E-state index contributed by atoms with van der Waals surface area (Å²) in [6.45, 7) is 0. The molecule has 2 aromatic carbocycles. The Hall–Kier alpha value is -1.12. The summed E-state index contributed by atoms with van der Waals surface area (Å²) in [6, 6.07) is 18.0. The van der Waals surface area contributed by atoms with Crippen molar-refractivity contribution in [2.45, 2.75) is 18.8 Å². The van der Waals surface area contributed by atoms with Crippen molar-refractivity contribution in [2.75, 3.05) is 17.3 Å². The minimum Gasteiger partial charge on any atom is -0.161 e. The molecule has 0 fully saturated rings. The summed E-state index contributed by atoms with van der Waals surface area (Å²) in [6.07, 6.45) is 2.67. The predicted octanol–water partition coefficient (Wildman–Crippen LogP) is 5.78. The second-order valence-corrected chi connectivity index (χ2v) is 8.04. The fourth-order valence-corrected chi connectivity index (χ4v) is 5.52. The van der Waals surface area contributed by atoms with Crippen molar-refractivity contribution < 1.29 is 0 Å². The van der Waals surface area contributed by atoms with Crippen molar-refractivity contribution in [3.63, 3.8) is 0 Å². The third-order valence-electron chi connectivity index (χ3n) is 4.54. The lowest BCUT2D eigenvalue weighted by Gasteiger charge is -2.30. The van der Waals surface area contributed by atoms with Crippen molar-refractivity contribution >= 4 is 29.1 Å². The largest absolute Gasteiger partial charge is 0.161 e. The van der Waals surface area contributed by atoms with Crippen molar-refractivity contribution in [3.8, 4) is 0 Å². The first-order valence-corrected chi connectivity index (χ1v) is 10.2. The number of fused-ring (bicyclic) bond motifs is 3. The standard InChI is InChI=1S/C20H20S2/c1-2-8-16-15(7-1)19-13-21-11-5-6-12-22-14-20(16)18-10-4-3-9-17(18)19/h1-4,7-10,13,20H,5-6,11-12,14H2. The molecule has 1 aliphatic heterocycles. The maximum absolute atomic E-state index is 2.41. The second-order valence-electron chi connectivity index (χ2n) is 5.91. The van der Waals surface area contributed by atoms with Crippen LogP contribution in [0.4, 0.5) is 0 Å². The number of hydrogen-bond acceptors (Lipinski definition) is 2. The van der Waals surface area contributed by atoms with Crippen LogP contribution >= 0.6 is 23.5 Å². The molecule has 0 atom stereocenters. The van der Waals surface area contributed by atoms with Crippen LogP contribution in [0.2, 0.25) is 0 Å². The summed E-state index contributed by atoms with van der Waals surface area (Å²) >= 11 is 4.10. The van der Waals surface area contributed by atoms with Crippen LogP contribution in [-0.4, -0.2) is 17.3 Å². The number of benzene rings is 2. The van der Waals surface area contributed by atoms with E-state index in [-0.39, 0.29) is 0 Å². The Morgan fingerprint density at radius 3 is 2.14 bits per heavy atom. The number of thioether (sulfide) groups is 2. The van der Waals surface area contributed by atoms with Crippen LogP contribution in [0.1, 0.15) is 41.0 Å². The molecule has 0 radical (unpaired) electrons. The Balaban J connectivity index is 1.91. The molecule has 2 aliphatic rings. The highest BCUT2D eigenvalue weighted by molar-refractivity contribution is 8.02. The summed E-state index contributed by atoms with van der Waals surface area (Å²) < 4.78 is 0. The van der Waals surface area contributed by atoms with Crippen molar-refractivity contribution in [1.82, 2.24) is 0 Å². The zero-order valence-electron chi connectivity index (χ0n) is 12.6. The molecular weight excluding hydrogens is 304 g/mol. The summed E-state index contributed by atoms with van der Waals surface area (Å²) in [5, 5.41) is 2.41. The van der Waals surface area contributed by atoms with E-state index in [4.69, 9.17) is 0 Å². The van der Waals surface area contributed by atoms with Gasteiger partial charge >= 0.3 is 0 Å². The Labute approximate surface area is 141 Å². The topological polar surface area (TPSA) is 0 Å². The molecule has 2 bridgehead atoms. The molecule has 22 heavy (non-hydrogen) atoms. The van der Waals surface area contributed by atoms with E-state index in [1.807, 2.05) is 11.8 Å². The Morgan fingerprint density at radius 1 is 0.773 bits per heavy atom. The maximum Gasteiger partial charge on any atom is 0.0192 e. The number of rotatable bonds is 0. The summed E-state index contributed by atoms with van der Waals surface area (Å²) in [5.74, 6) is 4.27. The molecule has 0 saturated heterocycles. The van der Waals surface area contributed by atoms with Gasteiger partial charge in [-0.15, -0.1) is 11.8 Å². The van der Waals surface area contributed by atoms with Crippen LogP contribution in [0.15, 0.2) is 53.9 Å². The first kappa shape index (κ1) is 14.5. The van der Waals surface area contributed by atoms with Crippen molar-refractivity contribution in [2.24, 2.45) is 0 Å². The van der Waals surface area contributed by atoms with Crippen LogP contribution in [0.5, 0.6) is 0 Å². The molecule has 1 heterocycles. The first-order chi connectivity index (χ1) is 10.9. The molecule has 0 nitrogen and oxygen atoms in total. The van der Waals surface area contributed by atoms with E-state index in [2.05, 4.69) is 65.7 Å². The van der Waals surface area contributed by atoms with Crippen molar-refractivity contribution in [1.29, 1.82) is 0 Å². The molecule has 0 aromatic heterocycles. The highest BCUT2D eigenvalue weighted by atomic mass is 32.2. The van der Waals surface area contributed by atoms with E-state index in [1.165, 1.54) is 57.9 Å². The maximum atomic E-state index is 2.41. The van der Waals surface area contributed by atoms with E-state index in [1.54, 1.807) is 0 Å². The molecule has 0 amide bonds. The van der Waals surface area contributed by atoms with E-state index < -0.39 is 0 Å². The first-order valence-electron chi connectivity index (χ1n) is 8.03. The van der Waals surface area contributed by atoms with Gasteiger partial charge in [-0.05, 0) is 57.6 Å². The molecule has 2 aromatic rings. The van der Waals surface area contributed by atoms with E-state index in [0.29, 0.717) is 5.92 Å².